The molecule has 4 aromatic carbocycles. The van der Waals surface area contributed by atoms with Gasteiger partial charge in [-0.25, -0.2) is 0 Å². The van der Waals surface area contributed by atoms with Gasteiger partial charge in [-0.3, -0.25) is 9.59 Å². The van der Waals surface area contributed by atoms with Crippen molar-refractivity contribution in [1.29, 1.82) is 0 Å². The lowest BCUT2D eigenvalue weighted by Gasteiger charge is -2.32. The number of rotatable bonds is 12. The largest absolute Gasteiger partial charge is 0.354 e. The van der Waals surface area contributed by atoms with Crippen molar-refractivity contribution in [2.75, 3.05) is 6.54 Å². The minimum atomic E-state index is -0.668. The van der Waals surface area contributed by atoms with Gasteiger partial charge in [0, 0.05) is 25.9 Å². The molecule has 0 bridgehead atoms. The third-order valence-electron chi connectivity index (χ3n) is 6.93. The molecule has 0 saturated carbocycles. The Kier molecular flexibility index (Phi) is 10.4. The minimum Gasteiger partial charge on any atom is -0.354 e. The van der Waals surface area contributed by atoms with Crippen LogP contribution in [0.4, 0.5) is 0 Å². The number of carbonyl (C=O) groups is 2. The molecule has 0 aliphatic rings. The van der Waals surface area contributed by atoms with Crippen LogP contribution in [0.2, 0.25) is 10.0 Å². The zero-order chi connectivity index (χ0) is 27.6. The smallest absolute Gasteiger partial charge is 0.243 e. The molecular weight excluding hydrogens is 527 g/mol. The molecule has 0 aliphatic carbocycles. The van der Waals surface area contributed by atoms with Crippen LogP contribution in [0.15, 0.2) is 91.0 Å². The molecule has 6 heteroatoms. The predicted molar refractivity (Wildman–Crippen MR) is 161 cm³/mol. The molecule has 4 rings (SSSR count). The molecule has 0 unspecified atom stereocenters. The van der Waals surface area contributed by atoms with E-state index >= 15 is 0 Å². The fraction of sp³-hybridized carbons (Fsp3) is 0.273. The third kappa shape index (κ3) is 7.84. The Bertz CT molecular complexity index is 1400. The normalized spacial score (nSPS) is 11.8. The number of amides is 2. The number of fused-ring (bicyclic) bond motifs is 1. The summed E-state index contributed by atoms with van der Waals surface area (Å²) < 4.78 is 0. The number of hydrogen-bond donors (Lipinski definition) is 1. The fourth-order valence-corrected chi connectivity index (χ4v) is 5.11. The molecule has 39 heavy (non-hydrogen) atoms. The number of nitrogens with zero attached hydrogens (tertiary/aromatic N) is 1. The van der Waals surface area contributed by atoms with Gasteiger partial charge in [0.2, 0.25) is 11.8 Å². The first-order valence-electron chi connectivity index (χ1n) is 13.5. The lowest BCUT2D eigenvalue weighted by atomic mass is 9.99. The van der Waals surface area contributed by atoms with E-state index in [0.29, 0.717) is 29.4 Å². The molecule has 0 saturated heterocycles. The average molecular weight is 562 g/mol. The number of benzene rings is 4. The first-order chi connectivity index (χ1) is 19.0. The highest BCUT2D eigenvalue weighted by Gasteiger charge is 2.30. The standard InChI is InChI=1S/C33H34Cl2N2O2/c1-2-3-20-36-33(39)31(22-24-10-5-4-6-11-24)37(23-25-16-18-29(34)30(35)21-25)32(38)19-17-27-14-9-13-26-12-7-8-15-28(26)27/h4-16,18,21,31H,2-3,17,19-20,22-23H2,1H3,(H,36,39)/t31-/m0/s1. The van der Waals surface area contributed by atoms with Crippen molar-refractivity contribution in [2.24, 2.45) is 0 Å². The zero-order valence-corrected chi connectivity index (χ0v) is 23.7. The zero-order valence-electron chi connectivity index (χ0n) is 22.2. The maximum atomic E-state index is 14.0. The van der Waals surface area contributed by atoms with E-state index in [1.165, 1.54) is 0 Å². The first kappa shape index (κ1) is 28.7. The summed E-state index contributed by atoms with van der Waals surface area (Å²) in [5.41, 5.74) is 2.93. The van der Waals surface area contributed by atoms with E-state index in [2.05, 4.69) is 36.5 Å². The quantitative estimate of drug-likeness (QED) is 0.181. The Labute approximate surface area is 240 Å². The second-order valence-corrected chi connectivity index (χ2v) is 10.6. The summed E-state index contributed by atoms with van der Waals surface area (Å²) in [4.78, 5) is 29.2. The molecule has 4 nitrogen and oxygen atoms in total. The van der Waals surface area contributed by atoms with Gasteiger partial charge in [0.1, 0.15) is 6.04 Å². The van der Waals surface area contributed by atoms with Crippen molar-refractivity contribution in [3.63, 3.8) is 0 Å². The Morgan fingerprint density at radius 1 is 0.846 bits per heavy atom. The Morgan fingerprint density at radius 2 is 1.59 bits per heavy atom. The van der Waals surface area contributed by atoms with E-state index in [1.807, 2.05) is 54.6 Å². The van der Waals surface area contributed by atoms with Crippen LogP contribution in [0.1, 0.15) is 42.9 Å². The summed E-state index contributed by atoms with van der Waals surface area (Å²) in [6, 6.07) is 28.9. The summed E-state index contributed by atoms with van der Waals surface area (Å²) in [6.45, 7) is 2.91. The minimum absolute atomic E-state index is 0.0828. The summed E-state index contributed by atoms with van der Waals surface area (Å²) >= 11 is 12.5. The second kappa shape index (κ2) is 14.2. The summed E-state index contributed by atoms with van der Waals surface area (Å²) in [5.74, 6) is -0.230. The van der Waals surface area contributed by atoms with Crippen molar-refractivity contribution >= 4 is 45.8 Å². The molecule has 2 amide bonds. The number of unbranched alkanes of at least 4 members (excludes halogenated alkanes) is 1. The second-order valence-electron chi connectivity index (χ2n) is 9.76. The van der Waals surface area contributed by atoms with Gasteiger partial charge in [0.05, 0.1) is 10.0 Å². The molecule has 0 aliphatic heterocycles. The van der Waals surface area contributed by atoms with Gasteiger partial charge in [-0.2, -0.15) is 0 Å². The Balaban J connectivity index is 1.64. The number of aryl methyl sites for hydroxylation is 1. The van der Waals surface area contributed by atoms with Gasteiger partial charge in [-0.05, 0) is 52.4 Å². The molecule has 202 valence electrons. The summed E-state index contributed by atoms with van der Waals surface area (Å²) in [5, 5.41) is 6.22. The average Bonchev–Trinajstić information content (AvgIpc) is 2.96. The van der Waals surface area contributed by atoms with Crippen LogP contribution in [-0.2, 0) is 29.0 Å². The van der Waals surface area contributed by atoms with Gasteiger partial charge in [-0.1, -0.05) is 115 Å². The van der Waals surface area contributed by atoms with Crippen molar-refractivity contribution in [2.45, 2.75) is 51.6 Å². The SMILES string of the molecule is CCCCNC(=O)[C@H](Cc1ccccc1)N(Cc1ccc(Cl)c(Cl)c1)C(=O)CCc1cccc2ccccc12. The summed E-state index contributed by atoms with van der Waals surface area (Å²) in [6.07, 6.45) is 3.13. The van der Waals surface area contributed by atoms with Gasteiger partial charge in [0.25, 0.3) is 0 Å². The van der Waals surface area contributed by atoms with E-state index in [1.54, 1.807) is 17.0 Å². The van der Waals surface area contributed by atoms with Crippen LogP contribution in [0.25, 0.3) is 10.8 Å². The molecule has 1 N–H and O–H groups in total. The van der Waals surface area contributed by atoms with Gasteiger partial charge in [-0.15, -0.1) is 0 Å². The van der Waals surface area contributed by atoms with E-state index in [-0.39, 0.29) is 24.8 Å². The molecule has 0 heterocycles. The van der Waals surface area contributed by atoms with Gasteiger partial charge < -0.3 is 10.2 Å². The van der Waals surface area contributed by atoms with Crippen LogP contribution in [0.5, 0.6) is 0 Å². The first-order valence-corrected chi connectivity index (χ1v) is 14.2. The number of nitrogens with one attached hydrogen (secondary N) is 1. The Hall–Kier alpha value is -3.34. The van der Waals surface area contributed by atoms with Crippen molar-refractivity contribution < 1.29 is 9.59 Å². The van der Waals surface area contributed by atoms with Crippen molar-refractivity contribution in [1.82, 2.24) is 10.2 Å². The number of carbonyl (C=O) groups excluding carboxylic acids is 2. The molecular formula is C33H34Cl2N2O2. The molecule has 0 fully saturated rings. The van der Waals surface area contributed by atoms with Gasteiger partial charge >= 0.3 is 0 Å². The molecule has 1 atom stereocenters. The fourth-order valence-electron chi connectivity index (χ4n) is 4.79. The van der Waals surface area contributed by atoms with Crippen LogP contribution in [-0.4, -0.2) is 29.3 Å². The lowest BCUT2D eigenvalue weighted by Crippen LogP contribution is -2.50. The van der Waals surface area contributed by atoms with E-state index in [9.17, 15) is 9.59 Å². The molecule has 0 aromatic heterocycles. The Morgan fingerprint density at radius 3 is 2.36 bits per heavy atom. The summed E-state index contributed by atoms with van der Waals surface area (Å²) in [7, 11) is 0. The highest BCUT2D eigenvalue weighted by atomic mass is 35.5. The van der Waals surface area contributed by atoms with Gasteiger partial charge in [0.15, 0.2) is 0 Å². The van der Waals surface area contributed by atoms with Crippen molar-refractivity contribution in [3.8, 4) is 0 Å². The lowest BCUT2D eigenvalue weighted by molar-refractivity contribution is -0.141. The molecule has 0 radical (unpaired) electrons. The molecule has 4 aromatic rings. The highest BCUT2D eigenvalue weighted by Crippen LogP contribution is 2.25. The van der Waals surface area contributed by atoms with Crippen LogP contribution in [0.3, 0.4) is 0 Å². The monoisotopic (exact) mass is 560 g/mol. The van der Waals surface area contributed by atoms with E-state index in [0.717, 1.165) is 40.3 Å². The van der Waals surface area contributed by atoms with E-state index < -0.39 is 6.04 Å². The van der Waals surface area contributed by atoms with Crippen molar-refractivity contribution in [3.05, 3.63) is 118 Å². The van der Waals surface area contributed by atoms with Crippen LogP contribution in [0, 0.1) is 0 Å². The maximum absolute atomic E-state index is 14.0. The predicted octanol–water partition coefficient (Wildman–Crippen LogP) is 7.64. The number of hydrogen-bond acceptors (Lipinski definition) is 2. The van der Waals surface area contributed by atoms with Crippen LogP contribution < -0.4 is 5.32 Å². The maximum Gasteiger partial charge on any atom is 0.243 e. The number of halogens is 2. The topological polar surface area (TPSA) is 49.4 Å². The van der Waals surface area contributed by atoms with Crippen LogP contribution >= 0.6 is 23.2 Å². The third-order valence-corrected chi connectivity index (χ3v) is 7.66. The van der Waals surface area contributed by atoms with E-state index in [4.69, 9.17) is 23.2 Å². The molecule has 0 spiro atoms. The highest BCUT2D eigenvalue weighted by molar-refractivity contribution is 6.42.